The van der Waals surface area contributed by atoms with Gasteiger partial charge in [-0.2, -0.15) is 0 Å². The van der Waals surface area contributed by atoms with Gasteiger partial charge in [-0.3, -0.25) is 19.6 Å². The molecule has 20 heavy (non-hydrogen) atoms. The quantitative estimate of drug-likeness (QED) is 0.793. The number of nitrogens with two attached hydrogens (primary N) is 2. The summed E-state index contributed by atoms with van der Waals surface area (Å²) in [6.45, 7) is 0.171. The zero-order valence-corrected chi connectivity index (χ0v) is 10.5. The monoisotopic (exact) mass is 268 g/mol. The van der Waals surface area contributed by atoms with Crippen LogP contribution in [0.1, 0.15) is 21.5 Å². The zero-order chi connectivity index (χ0) is 14.3. The maximum atomic E-state index is 11.9. The van der Waals surface area contributed by atoms with Crippen molar-refractivity contribution in [3.8, 4) is 0 Å². The summed E-state index contributed by atoms with van der Waals surface area (Å²) < 4.78 is 0. The molecule has 0 aliphatic carbocycles. The summed E-state index contributed by atoms with van der Waals surface area (Å²) in [6, 6.07) is 5.14. The minimum Gasteiger partial charge on any atom is -0.369 e. The van der Waals surface area contributed by atoms with Crippen LogP contribution < -0.4 is 11.5 Å². The van der Waals surface area contributed by atoms with Crippen LogP contribution in [0.3, 0.4) is 0 Å². The number of primary amides is 2. The van der Waals surface area contributed by atoms with E-state index in [1.165, 1.54) is 6.21 Å². The molecule has 1 aromatic rings. The normalized spacial score (nSPS) is 22.7. The van der Waals surface area contributed by atoms with Gasteiger partial charge in [0.2, 0.25) is 11.8 Å². The lowest BCUT2D eigenvalue weighted by atomic mass is 9.77. The molecule has 0 fully saturated rings. The highest BCUT2D eigenvalue weighted by atomic mass is 16.1. The van der Waals surface area contributed by atoms with Gasteiger partial charge in [-0.15, -0.1) is 0 Å². The molecule has 0 saturated heterocycles. The molecule has 3 rings (SSSR count). The second kappa shape index (κ2) is 4.12. The zero-order valence-electron chi connectivity index (χ0n) is 10.5. The van der Waals surface area contributed by atoms with Crippen molar-refractivity contribution < 1.29 is 9.59 Å². The van der Waals surface area contributed by atoms with Gasteiger partial charge in [0.1, 0.15) is 5.41 Å². The highest BCUT2D eigenvalue weighted by molar-refractivity contribution is 6.16. The van der Waals surface area contributed by atoms with Crippen LogP contribution in [0.4, 0.5) is 0 Å². The Balaban J connectivity index is 2.28. The SMILES string of the molecule is NC(=O)c1cccc2c1C=NCC1(C(N)=O)C=NC=C21. The molecule has 0 radical (unpaired) electrons. The summed E-state index contributed by atoms with van der Waals surface area (Å²) in [5.41, 5.74) is 12.2. The predicted molar refractivity (Wildman–Crippen MR) is 75.5 cm³/mol. The molecular formula is C14H12N4O2. The van der Waals surface area contributed by atoms with Crippen LogP contribution in [0, 0.1) is 5.41 Å². The fourth-order valence-electron chi connectivity index (χ4n) is 2.57. The molecule has 2 aliphatic heterocycles. The fourth-order valence-corrected chi connectivity index (χ4v) is 2.57. The Labute approximate surface area is 114 Å². The summed E-state index contributed by atoms with van der Waals surface area (Å²) in [5.74, 6) is -1.06. The average molecular weight is 268 g/mol. The summed E-state index contributed by atoms with van der Waals surface area (Å²) in [5, 5.41) is 0. The fraction of sp³-hybridized carbons (Fsp3) is 0.143. The Morgan fingerprint density at radius 2 is 2.05 bits per heavy atom. The molecule has 2 amide bonds. The van der Waals surface area contributed by atoms with E-state index in [1.54, 1.807) is 30.6 Å². The third-order valence-corrected chi connectivity index (χ3v) is 3.64. The molecular weight excluding hydrogens is 256 g/mol. The molecule has 1 aromatic carbocycles. The minimum atomic E-state index is -1.04. The molecule has 4 N–H and O–H groups in total. The van der Waals surface area contributed by atoms with Crippen molar-refractivity contribution in [2.75, 3.05) is 6.54 Å². The predicted octanol–water partition coefficient (Wildman–Crippen LogP) is 0.115. The van der Waals surface area contributed by atoms with Gasteiger partial charge in [-0.25, -0.2) is 0 Å². The first-order valence-electron chi connectivity index (χ1n) is 6.04. The van der Waals surface area contributed by atoms with Gasteiger partial charge in [0, 0.05) is 35.3 Å². The van der Waals surface area contributed by atoms with E-state index in [9.17, 15) is 9.59 Å². The van der Waals surface area contributed by atoms with E-state index in [-0.39, 0.29) is 6.54 Å². The van der Waals surface area contributed by atoms with Crippen molar-refractivity contribution in [2.45, 2.75) is 0 Å². The van der Waals surface area contributed by atoms with Crippen LogP contribution in [0.25, 0.3) is 5.57 Å². The van der Waals surface area contributed by atoms with Gasteiger partial charge in [0.25, 0.3) is 0 Å². The van der Waals surface area contributed by atoms with Crippen LogP contribution in [0.2, 0.25) is 0 Å². The second-order valence-corrected chi connectivity index (χ2v) is 4.76. The first kappa shape index (κ1) is 12.3. The van der Waals surface area contributed by atoms with Crippen molar-refractivity contribution >= 4 is 29.8 Å². The Morgan fingerprint density at radius 1 is 1.25 bits per heavy atom. The van der Waals surface area contributed by atoms with Crippen molar-refractivity contribution in [2.24, 2.45) is 26.9 Å². The first-order valence-corrected chi connectivity index (χ1v) is 6.04. The molecule has 1 unspecified atom stereocenters. The number of nitrogens with zero attached hydrogens (tertiary/aromatic N) is 2. The summed E-state index contributed by atoms with van der Waals surface area (Å²) in [6.07, 6.45) is 4.66. The van der Waals surface area contributed by atoms with Gasteiger partial charge >= 0.3 is 0 Å². The summed E-state index contributed by atoms with van der Waals surface area (Å²) >= 11 is 0. The summed E-state index contributed by atoms with van der Waals surface area (Å²) in [7, 11) is 0. The number of benzene rings is 1. The van der Waals surface area contributed by atoms with Crippen LogP contribution in [-0.4, -0.2) is 30.8 Å². The van der Waals surface area contributed by atoms with Gasteiger partial charge in [0.15, 0.2) is 0 Å². The first-order chi connectivity index (χ1) is 9.56. The van der Waals surface area contributed by atoms with Crippen LogP contribution >= 0.6 is 0 Å². The maximum absolute atomic E-state index is 11.9. The molecule has 6 nitrogen and oxygen atoms in total. The molecule has 0 saturated carbocycles. The van der Waals surface area contributed by atoms with Crippen molar-refractivity contribution in [1.82, 2.24) is 0 Å². The molecule has 6 heteroatoms. The Hall–Kier alpha value is -2.76. The number of aliphatic imine (C=N–C) groups is 2. The van der Waals surface area contributed by atoms with E-state index in [0.717, 1.165) is 0 Å². The number of amides is 2. The van der Waals surface area contributed by atoms with Crippen molar-refractivity contribution in [1.29, 1.82) is 0 Å². The molecule has 100 valence electrons. The van der Waals surface area contributed by atoms with Gasteiger partial charge in [0.05, 0.1) is 6.54 Å². The number of hydrogen-bond acceptors (Lipinski definition) is 4. The minimum absolute atomic E-state index is 0.171. The molecule has 0 aromatic heterocycles. The number of rotatable bonds is 2. The average Bonchev–Trinajstić information content (AvgIpc) is 2.77. The lowest BCUT2D eigenvalue weighted by molar-refractivity contribution is -0.121. The van der Waals surface area contributed by atoms with Crippen LogP contribution in [-0.2, 0) is 4.79 Å². The van der Waals surface area contributed by atoms with Crippen molar-refractivity contribution in [3.63, 3.8) is 0 Å². The van der Waals surface area contributed by atoms with E-state index < -0.39 is 17.2 Å². The highest BCUT2D eigenvalue weighted by Crippen LogP contribution is 2.40. The van der Waals surface area contributed by atoms with Gasteiger partial charge < -0.3 is 11.5 Å². The molecule has 0 spiro atoms. The Morgan fingerprint density at radius 3 is 2.75 bits per heavy atom. The number of carbonyl (C=O) groups is 2. The van der Waals surface area contributed by atoms with E-state index in [0.29, 0.717) is 22.3 Å². The van der Waals surface area contributed by atoms with E-state index in [4.69, 9.17) is 11.5 Å². The molecule has 0 bridgehead atoms. The number of carbonyl (C=O) groups excluding carboxylic acids is 2. The molecule has 2 heterocycles. The molecule has 1 atom stereocenters. The Bertz CT molecular complexity index is 718. The third kappa shape index (κ3) is 1.51. The van der Waals surface area contributed by atoms with E-state index in [2.05, 4.69) is 9.98 Å². The second-order valence-electron chi connectivity index (χ2n) is 4.76. The topological polar surface area (TPSA) is 111 Å². The third-order valence-electron chi connectivity index (χ3n) is 3.64. The largest absolute Gasteiger partial charge is 0.369 e. The molecule has 2 aliphatic rings. The van der Waals surface area contributed by atoms with Crippen LogP contribution in [0.5, 0.6) is 0 Å². The smallest absolute Gasteiger partial charge is 0.249 e. The lowest BCUT2D eigenvalue weighted by Gasteiger charge is -2.23. The van der Waals surface area contributed by atoms with Crippen molar-refractivity contribution in [3.05, 3.63) is 41.1 Å². The maximum Gasteiger partial charge on any atom is 0.249 e. The number of hydrogen-bond donors (Lipinski definition) is 2. The lowest BCUT2D eigenvalue weighted by Crippen LogP contribution is -2.40. The summed E-state index contributed by atoms with van der Waals surface area (Å²) in [4.78, 5) is 31.7. The van der Waals surface area contributed by atoms with Gasteiger partial charge in [-0.05, 0) is 11.6 Å². The number of fused-ring (bicyclic) bond motifs is 3. The van der Waals surface area contributed by atoms with Gasteiger partial charge in [-0.1, -0.05) is 12.1 Å². The highest BCUT2D eigenvalue weighted by Gasteiger charge is 2.43. The standard InChI is InChI=1S/C14H12N4O2/c15-12(19)9-3-1-2-8-10(9)4-17-6-14(13(16)20)7-18-5-11(8)14/h1-5,7H,6H2,(H2,15,19)(H2,16,20). The van der Waals surface area contributed by atoms with E-state index >= 15 is 0 Å². The Kier molecular flexibility index (Phi) is 2.53. The van der Waals surface area contributed by atoms with Crippen LogP contribution in [0.15, 0.2) is 34.4 Å². The van der Waals surface area contributed by atoms with E-state index in [1.807, 2.05) is 0 Å².